The minimum Gasteiger partial charge on any atom is -0.337 e. The number of imidazole rings is 1. The molecule has 17 heavy (non-hydrogen) atoms. The zero-order valence-electron chi connectivity index (χ0n) is 10.1. The van der Waals surface area contributed by atoms with Crippen LogP contribution >= 0.6 is 11.6 Å². The van der Waals surface area contributed by atoms with E-state index in [1.54, 1.807) is 0 Å². The van der Waals surface area contributed by atoms with Crippen molar-refractivity contribution in [2.75, 3.05) is 0 Å². The Balaban J connectivity index is 1.93. The lowest BCUT2D eigenvalue weighted by Gasteiger charge is -2.00. The van der Waals surface area contributed by atoms with E-state index in [0.717, 1.165) is 36.5 Å². The summed E-state index contributed by atoms with van der Waals surface area (Å²) in [6.07, 6.45) is 7.15. The van der Waals surface area contributed by atoms with Gasteiger partial charge in [0.05, 0.1) is 12.0 Å². The second-order valence-corrected chi connectivity index (χ2v) is 4.67. The third-order valence-electron chi connectivity index (χ3n) is 2.73. The number of rotatable bonds is 5. The van der Waals surface area contributed by atoms with Crippen LogP contribution in [0.2, 0.25) is 5.02 Å². The van der Waals surface area contributed by atoms with Crippen LogP contribution in [0.1, 0.15) is 24.6 Å². The first-order chi connectivity index (χ1) is 8.28. The molecule has 2 rings (SSSR count). The van der Waals surface area contributed by atoms with Crippen molar-refractivity contribution in [2.24, 2.45) is 0 Å². The van der Waals surface area contributed by atoms with Gasteiger partial charge in [-0.15, -0.1) is 0 Å². The molecule has 2 nitrogen and oxygen atoms in total. The predicted molar refractivity (Wildman–Crippen MR) is 71.4 cm³/mol. The monoisotopic (exact) mass is 248 g/mol. The first kappa shape index (κ1) is 12.2. The molecule has 0 aliphatic rings. The van der Waals surface area contributed by atoms with Gasteiger partial charge in [-0.3, -0.25) is 0 Å². The number of benzene rings is 1. The largest absolute Gasteiger partial charge is 0.337 e. The maximum Gasteiger partial charge on any atom is 0.0949 e. The summed E-state index contributed by atoms with van der Waals surface area (Å²) in [5.74, 6) is 0. The Kier molecular flexibility index (Phi) is 4.21. The maximum absolute atomic E-state index is 5.95. The highest BCUT2D eigenvalue weighted by molar-refractivity contribution is 6.30. The Hall–Kier alpha value is -1.28. The molecule has 0 atom stereocenters. The summed E-state index contributed by atoms with van der Waals surface area (Å²) < 4.78 is 2.15. The fourth-order valence-corrected chi connectivity index (χ4v) is 2.09. The molecule has 0 unspecified atom stereocenters. The van der Waals surface area contributed by atoms with Crippen LogP contribution < -0.4 is 0 Å². The number of aryl methyl sites for hydroxylation is 3. The standard InChI is InChI=1S/C14H17ClN2/c1-2-8-17-10-14(16-11-17)7-6-12-4-3-5-13(15)9-12/h3-5,9-11H,2,6-8H2,1H3. The molecule has 0 N–H and O–H groups in total. The molecular weight excluding hydrogens is 232 g/mol. The van der Waals surface area contributed by atoms with Crippen LogP contribution in [0.3, 0.4) is 0 Å². The molecule has 0 aliphatic heterocycles. The Morgan fingerprint density at radius 2 is 2.18 bits per heavy atom. The van der Waals surface area contributed by atoms with E-state index in [9.17, 15) is 0 Å². The number of aromatic nitrogens is 2. The van der Waals surface area contributed by atoms with E-state index in [1.165, 1.54) is 5.56 Å². The van der Waals surface area contributed by atoms with Gasteiger partial charge in [-0.1, -0.05) is 30.7 Å². The van der Waals surface area contributed by atoms with Crippen molar-refractivity contribution in [3.63, 3.8) is 0 Å². The normalized spacial score (nSPS) is 10.7. The number of hydrogen-bond donors (Lipinski definition) is 0. The highest BCUT2D eigenvalue weighted by atomic mass is 35.5. The molecule has 0 radical (unpaired) electrons. The first-order valence-electron chi connectivity index (χ1n) is 6.03. The fourth-order valence-electron chi connectivity index (χ4n) is 1.88. The predicted octanol–water partition coefficient (Wildman–Crippen LogP) is 3.73. The molecule has 2 aromatic rings. The smallest absolute Gasteiger partial charge is 0.0949 e. The first-order valence-corrected chi connectivity index (χ1v) is 6.41. The molecular formula is C14H17ClN2. The minimum atomic E-state index is 0.805. The van der Waals surface area contributed by atoms with Gasteiger partial charge in [-0.05, 0) is 37.0 Å². The van der Waals surface area contributed by atoms with Gasteiger partial charge in [-0.2, -0.15) is 0 Å². The number of hydrogen-bond acceptors (Lipinski definition) is 1. The number of halogens is 1. The van der Waals surface area contributed by atoms with E-state index in [1.807, 2.05) is 24.5 Å². The van der Waals surface area contributed by atoms with Crippen LogP contribution in [0.25, 0.3) is 0 Å². The molecule has 0 aliphatic carbocycles. The van der Waals surface area contributed by atoms with Crippen molar-refractivity contribution in [3.8, 4) is 0 Å². The summed E-state index contributed by atoms with van der Waals surface area (Å²) in [6.45, 7) is 3.22. The van der Waals surface area contributed by atoms with E-state index >= 15 is 0 Å². The summed E-state index contributed by atoms with van der Waals surface area (Å²) in [5.41, 5.74) is 2.42. The SMILES string of the molecule is CCCn1cnc(CCc2cccc(Cl)c2)c1. The zero-order valence-corrected chi connectivity index (χ0v) is 10.8. The van der Waals surface area contributed by atoms with Crippen LogP contribution in [0.5, 0.6) is 0 Å². The van der Waals surface area contributed by atoms with Crippen molar-refractivity contribution in [1.29, 1.82) is 0 Å². The minimum absolute atomic E-state index is 0.805. The van der Waals surface area contributed by atoms with E-state index in [0.29, 0.717) is 0 Å². The lowest BCUT2D eigenvalue weighted by molar-refractivity contribution is 0.677. The quantitative estimate of drug-likeness (QED) is 0.788. The van der Waals surface area contributed by atoms with Gasteiger partial charge >= 0.3 is 0 Å². The third-order valence-corrected chi connectivity index (χ3v) is 2.96. The Bertz CT molecular complexity index is 477. The molecule has 90 valence electrons. The van der Waals surface area contributed by atoms with E-state index in [-0.39, 0.29) is 0 Å². The summed E-state index contributed by atoms with van der Waals surface area (Å²) in [7, 11) is 0. The van der Waals surface area contributed by atoms with E-state index in [2.05, 4.69) is 28.7 Å². The van der Waals surface area contributed by atoms with Crippen molar-refractivity contribution in [1.82, 2.24) is 9.55 Å². The lowest BCUT2D eigenvalue weighted by Crippen LogP contribution is -1.93. The zero-order chi connectivity index (χ0) is 12.1. The van der Waals surface area contributed by atoms with E-state index < -0.39 is 0 Å². The Morgan fingerprint density at radius 3 is 2.94 bits per heavy atom. The number of nitrogens with zero attached hydrogens (tertiary/aromatic N) is 2. The Labute approximate surface area is 107 Å². The van der Waals surface area contributed by atoms with E-state index in [4.69, 9.17) is 11.6 Å². The average Bonchev–Trinajstić information content (AvgIpc) is 2.75. The highest BCUT2D eigenvalue weighted by Gasteiger charge is 2.00. The Morgan fingerprint density at radius 1 is 1.29 bits per heavy atom. The van der Waals surface area contributed by atoms with Crippen LogP contribution in [0, 0.1) is 0 Å². The molecule has 0 bridgehead atoms. The molecule has 0 saturated heterocycles. The topological polar surface area (TPSA) is 17.8 Å². The van der Waals surface area contributed by atoms with Gasteiger partial charge in [0.15, 0.2) is 0 Å². The summed E-state index contributed by atoms with van der Waals surface area (Å²) >= 11 is 5.95. The van der Waals surface area contributed by atoms with Gasteiger partial charge < -0.3 is 4.57 Å². The molecule has 3 heteroatoms. The molecule has 1 aromatic heterocycles. The molecule has 0 amide bonds. The summed E-state index contributed by atoms with van der Waals surface area (Å²) in [6, 6.07) is 8.02. The van der Waals surface area contributed by atoms with Crippen molar-refractivity contribution in [3.05, 3.63) is 53.1 Å². The summed E-state index contributed by atoms with van der Waals surface area (Å²) in [4.78, 5) is 4.40. The van der Waals surface area contributed by atoms with Crippen molar-refractivity contribution >= 4 is 11.6 Å². The second kappa shape index (κ2) is 5.87. The van der Waals surface area contributed by atoms with Gasteiger partial charge in [-0.25, -0.2) is 4.98 Å². The highest BCUT2D eigenvalue weighted by Crippen LogP contribution is 2.12. The molecule has 1 heterocycles. The fraction of sp³-hybridized carbons (Fsp3) is 0.357. The van der Waals surface area contributed by atoms with Gasteiger partial charge in [0.2, 0.25) is 0 Å². The van der Waals surface area contributed by atoms with Crippen molar-refractivity contribution in [2.45, 2.75) is 32.7 Å². The van der Waals surface area contributed by atoms with Crippen LogP contribution in [0.4, 0.5) is 0 Å². The maximum atomic E-state index is 5.95. The van der Waals surface area contributed by atoms with Gasteiger partial charge in [0, 0.05) is 17.8 Å². The van der Waals surface area contributed by atoms with Gasteiger partial charge in [0.1, 0.15) is 0 Å². The average molecular weight is 249 g/mol. The summed E-state index contributed by atoms with van der Waals surface area (Å²) in [5, 5.41) is 0.805. The second-order valence-electron chi connectivity index (χ2n) is 4.23. The third kappa shape index (κ3) is 3.60. The molecule has 0 spiro atoms. The van der Waals surface area contributed by atoms with Crippen molar-refractivity contribution < 1.29 is 0 Å². The van der Waals surface area contributed by atoms with Crippen LogP contribution in [0.15, 0.2) is 36.8 Å². The van der Waals surface area contributed by atoms with Crippen LogP contribution in [-0.2, 0) is 19.4 Å². The lowest BCUT2D eigenvalue weighted by atomic mass is 10.1. The molecule has 1 aromatic carbocycles. The molecule has 0 fully saturated rings. The van der Waals surface area contributed by atoms with Gasteiger partial charge in [0.25, 0.3) is 0 Å². The molecule has 0 saturated carbocycles. The van der Waals surface area contributed by atoms with Crippen LogP contribution in [-0.4, -0.2) is 9.55 Å².